The minimum absolute atomic E-state index is 0.765. The Morgan fingerprint density at radius 2 is 2.00 bits per heavy atom. The second kappa shape index (κ2) is 3.75. The van der Waals surface area contributed by atoms with E-state index in [1.54, 1.807) is 0 Å². The fourth-order valence-electron chi connectivity index (χ4n) is 2.39. The fourth-order valence-corrected chi connectivity index (χ4v) is 3.78. The van der Waals surface area contributed by atoms with E-state index in [9.17, 15) is 0 Å². The van der Waals surface area contributed by atoms with Gasteiger partial charge < -0.3 is 0 Å². The standard InChI is InChI=1S/C14H15ClS/c1-8-9(2)16-14-12(8)6-11(7-13(14)15)10-4-3-5-10/h6-7,10H,3-5H2,1-2H3. The van der Waals surface area contributed by atoms with Crippen molar-refractivity contribution in [2.75, 3.05) is 0 Å². The number of thiophene rings is 1. The molecule has 1 aromatic carbocycles. The average molecular weight is 251 g/mol. The Kier molecular flexibility index (Phi) is 2.49. The van der Waals surface area contributed by atoms with Gasteiger partial charge in [-0.2, -0.15) is 0 Å². The highest BCUT2D eigenvalue weighted by atomic mass is 35.5. The zero-order valence-corrected chi connectivity index (χ0v) is 11.2. The molecule has 0 nitrogen and oxygen atoms in total. The third-order valence-corrected chi connectivity index (χ3v) is 5.50. The molecule has 0 atom stereocenters. The number of aryl methyl sites for hydroxylation is 2. The Balaban J connectivity index is 2.22. The van der Waals surface area contributed by atoms with Crippen LogP contribution in [0.5, 0.6) is 0 Å². The van der Waals surface area contributed by atoms with Crippen molar-refractivity contribution in [3.8, 4) is 0 Å². The Hall–Kier alpha value is -0.530. The van der Waals surface area contributed by atoms with Gasteiger partial charge in [0.1, 0.15) is 0 Å². The van der Waals surface area contributed by atoms with Crippen molar-refractivity contribution < 1.29 is 0 Å². The lowest BCUT2D eigenvalue weighted by Crippen LogP contribution is -2.08. The molecule has 1 aliphatic carbocycles. The normalized spacial score (nSPS) is 16.7. The molecule has 0 spiro atoms. The first-order chi connectivity index (χ1) is 7.66. The lowest BCUT2D eigenvalue weighted by atomic mass is 9.80. The van der Waals surface area contributed by atoms with Gasteiger partial charge in [-0.1, -0.05) is 18.0 Å². The van der Waals surface area contributed by atoms with Crippen LogP contribution in [0.4, 0.5) is 0 Å². The SMILES string of the molecule is Cc1sc2c(Cl)cc(C3CCC3)cc2c1C. The quantitative estimate of drug-likeness (QED) is 0.632. The number of halogens is 1. The summed E-state index contributed by atoms with van der Waals surface area (Å²) in [4.78, 5) is 1.39. The molecule has 1 aromatic heterocycles. The summed E-state index contributed by atoms with van der Waals surface area (Å²) in [7, 11) is 0. The van der Waals surface area contributed by atoms with E-state index in [4.69, 9.17) is 11.6 Å². The molecule has 84 valence electrons. The van der Waals surface area contributed by atoms with Crippen molar-refractivity contribution in [2.24, 2.45) is 0 Å². The van der Waals surface area contributed by atoms with E-state index >= 15 is 0 Å². The van der Waals surface area contributed by atoms with Crippen molar-refractivity contribution in [3.63, 3.8) is 0 Å². The zero-order chi connectivity index (χ0) is 11.3. The molecule has 0 aliphatic heterocycles. The Bertz CT molecular complexity index is 549. The van der Waals surface area contributed by atoms with E-state index in [1.807, 2.05) is 11.3 Å². The van der Waals surface area contributed by atoms with Crippen molar-refractivity contribution in [2.45, 2.75) is 39.0 Å². The van der Waals surface area contributed by atoms with Gasteiger partial charge in [0, 0.05) is 4.88 Å². The van der Waals surface area contributed by atoms with Gasteiger partial charge in [-0.3, -0.25) is 0 Å². The minimum atomic E-state index is 0.765. The summed E-state index contributed by atoms with van der Waals surface area (Å²) >= 11 is 8.20. The zero-order valence-electron chi connectivity index (χ0n) is 9.64. The molecule has 1 aliphatic rings. The number of fused-ring (bicyclic) bond motifs is 1. The largest absolute Gasteiger partial charge is 0.139 e. The van der Waals surface area contributed by atoms with Gasteiger partial charge in [0.25, 0.3) is 0 Å². The van der Waals surface area contributed by atoms with Crippen molar-refractivity contribution in [3.05, 3.63) is 33.2 Å². The molecule has 1 saturated carbocycles. The van der Waals surface area contributed by atoms with E-state index in [1.165, 1.54) is 45.4 Å². The molecule has 0 N–H and O–H groups in total. The van der Waals surface area contributed by atoms with Gasteiger partial charge in [-0.15, -0.1) is 11.3 Å². The van der Waals surface area contributed by atoms with Gasteiger partial charge in [0.05, 0.1) is 9.72 Å². The number of benzene rings is 1. The summed E-state index contributed by atoms with van der Waals surface area (Å²) in [5.74, 6) is 0.765. The molecule has 0 radical (unpaired) electrons. The van der Waals surface area contributed by atoms with Crippen LogP contribution in [0.2, 0.25) is 5.02 Å². The van der Waals surface area contributed by atoms with Gasteiger partial charge in [-0.25, -0.2) is 0 Å². The highest BCUT2D eigenvalue weighted by Gasteiger charge is 2.21. The van der Waals surface area contributed by atoms with E-state index in [0.29, 0.717) is 0 Å². The number of rotatable bonds is 1. The topological polar surface area (TPSA) is 0 Å². The molecule has 2 aromatic rings. The van der Waals surface area contributed by atoms with Crippen LogP contribution in [0, 0.1) is 13.8 Å². The van der Waals surface area contributed by atoms with Crippen LogP contribution in [0.15, 0.2) is 12.1 Å². The Morgan fingerprint density at radius 1 is 1.25 bits per heavy atom. The summed E-state index contributed by atoms with van der Waals surface area (Å²) in [5.41, 5.74) is 2.85. The van der Waals surface area contributed by atoms with Crippen LogP contribution < -0.4 is 0 Å². The van der Waals surface area contributed by atoms with Crippen LogP contribution in [0.1, 0.15) is 41.2 Å². The molecule has 2 heteroatoms. The highest BCUT2D eigenvalue weighted by Crippen LogP contribution is 2.42. The third-order valence-electron chi connectivity index (χ3n) is 3.83. The van der Waals surface area contributed by atoms with Crippen LogP contribution in [0.3, 0.4) is 0 Å². The maximum atomic E-state index is 6.38. The molecule has 1 heterocycles. The van der Waals surface area contributed by atoms with Gasteiger partial charge in [-0.05, 0) is 61.3 Å². The Labute approximate surface area is 105 Å². The minimum Gasteiger partial charge on any atom is -0.139 e. The molecular weight excluding hydrogens is 236 g/mol. The molecule has 0 unspecified atom stereocenters. The maximum Gasteiger partial charge on any atom is 0.0587 e. The van der Waals surface area contributed by atoms with E-state index in [2.05, 4.69) is 26.0 Å². The van der Waals surface area contributed by atoms with Crippen molar-refractivity contribution >= 4 is 33.0 Å². The molecule has 0 bridgehead atoms. The summed E-state index contributed by atoms with van der Waals surface area (Å²) in [6.45, 7) is 4.38. The number of hydrogen-bond acceptors (Lipinski definition) is 1. The number of hydrogen-bond donors (Lipinski definition) is 0. The van der Waals surface area contributed by atoms with Crippen LogP contribution >= 0.6 is 22.9 Å². The first kappa shape index (κ1) is 10.6. The first-order valence-corrected chi connectivity index (χ1v) is 7.05. The summed E-state index contributed by atoms with van der Waals surface area (Å²) < 4.78 is 1.26. The highest BCUT2D eigenvalue weighted by molar-refractivity contribution is 7.19. The monoisotopic (exact) mass is 250 g/mol. The molecule has 1 fully saturated rings. The summed E-state index contributed by atoms with van der Waals surface area (Å²) in [6.07, 6.45) is 4.05. The fraction of sp³-hybridized carbons (Fsp3) is 0.429. The van der Waals surface area contributed by atoms with Crippen molar-refractivity contribution in [1.29, 1.82) is 0 Å². The molecule has 3 rings (SSSR count). The predicted octanol–water partition coefficient (Wildman–Crippen LogP) is 5.44. The lowest BCUT2D eigenvalue weighted by Gasteiger charge is -2.26. The predicted molar refractivity (Wildman–Crippen MR) is 72.9 cm³/mol. The van der Waals surface area contributed by atoms with Crippen molar-refractivity contribution in [1.82, 2.24) is 0 Å². The van der Waals surface area contributed by atoms with E-state index < -0.39 is 0 Å². The van der Waals surface area contributed by atoms with Crippen LogP contribution in [-0.4, -0.2) is 0 Å². The second-order valence-electron chi connectivity index (χ2n) is 4.79. The Morgan fingerprint density at radius 3 is 2.62 bits per heavy atom. The molecular formula is C14H15ClS. The van der Waals surface area contributed by atoms with E-state index in [0.717, 1.165) is 10.9 Å². The lowest BCUT2D eigenvalue weighted by molar-refractivity contribution is 0.420. The summed E-state index contributed by atoms with van der Waals surface area (Å²) in [6, 6.07) is 4.55. The maximum absolute atomic E-state index is 6.38. The van der Waals surface area contributed by atoms with Gasteiger partial charge in [0.15, 0.2) is 0 Å². The molecule has 16 heavy (non-hydrogen) atoms. The van der Waals surface area contributed by atoms with Gasteiger partial charge >= 0.3 is 0 Å². The van der Waals surface area contributed by atoms with Crippen LogP contribution in [-0.2, 0) is 0 Å². The smallest absolute Gasteiger partial charge is 0.0587 e. The molecule has 0 amide bonds. The van der Waals surface area contributed by atoms with Gasteiger partial charge in [0.2, 0.25) is 0 Å². The third kappa shape index (κ3) is 1.49. The molecule has 0 saturated heterocycles. The average Bonchev–Trinajstić information content (AvgIpc) is 2.43. The summed E-state index contributed by atoms with van der Waals surface area (Å²) in [5, 5.41) is 2.32. The first-order valence-electron chi connectivity index (χ1n) is 5.86. The van der Waals surface area contributed by atoms with Crippen LogP contribution in [0.25, 0.3) is 10.1 Å². The van der Waals surface area contributed by atoms with E-state index in [-0.39, 0.29) is 0 Å². The second-order valence-corrected chi connectivity index (χ2v) is 6.42.